The molecule has 0 saturated heterocycles. The van der Waals surface area contributed by atoms with Crippen molar-refractivity contribution < 1.29 is 0 Å². The number of fused-ring (bicyclic) bond motifs is 2. The topological polar surface area (TPSA) is 86.5 Å². The van der Waals surface area contributed by atoms with Crippen molar-refractivity contribution in [3.05, 3.63) is 150 Å². The highest BCUT2D eigenvalue weighted by atomic mass is 14.7. The maximum Gasteiger partial charge on any atom is 0.101 e. The smallest absolute Gasteiger partial charge is 0.101 e. The SMILES string of the molecule is N#CC(/C=C\Cc1ccc(-c2c3ccccc3c(-c3ccc(-c4ccc(C#N)cn4)cc3)c3ccccc23)cc1)=C/N. The van der Waals surface area contributed by atoms with E-state index in [1.807, 2.05) is 12.1 Å². The van der Waals surface area contributed by atoms with Crippen LogP contribution in [0.4, 0.5) is 0 Å². The van der Waals surface area contributed by atoms with Crippen molar-refractivity contribution >= 4 is 21.5 Å². The first-order valence-electron chi connectivity index (χ1n) is 13.7. The van der Waals surface area contributed by atoms with Gasteiger partial charge in [-0.25, -0.2) is 0 Å². The van der Waals surface area contributed by atoms with Crippen LogP contribution in [0, 0.1) is 22.7 Å². The minimum Gasteiger partial charge on any atom is -0.404 e. The summed E-state index contributed by atoms with van der Waals surface area (Å²) in [5, 5.41) is 22.9. The Hall–Kier alpha value is -5.97. The highest BCUT2D eigenvalue weighted by Gasteiger charge is 2.16. The van der Waals surface area contributed by atoms with E-state index in [-0.39, 0.29) is 0 Å². The highest BCUT2D eigenvalue weighted by Crippen LogP contribution is 2.43. The number of aromatic nitrogens is 1. The third kappa shape index (κ3) is 5.02. The van der Waals surface area contributed by atoms with Crippen LogP contribution in [0.5, 0.6) is 0 Å². The van der Waals surface area contributed by atoms with E-state index in [9.17, 15) is 0 Å². The number of nitrogens with two attached hydrogens (primary N) is 1. The minimum absolute atomic E-state index is 0.449. The molecule has 0 atom stereocenters. The Labute approximate surface area is 244 Å². The number of nitrogens with zero attached hydrogens (tertiary/aromatic N) is 3. The molecule has 4 nitrogen and oxygen atoms in total. The fourth-order valence-corrected chi connectivity index (χ4v) is 5.45. The van der Waals surface area contributed by atoms with E-state index in [0.717, 1.165) is 27.9 Å². The summed E-state index contributed by atoms with van der Waals surface area (Å²) in [5.74, 6) is 0. The van der Waals surface area contributed by atoms with Gasteiger partial charge < -0.3 is 5.73 Å². The van der Waals surface area contributed by atoms with Crippen molar-refractivity contribution in [1.82, 2.24) is 4.98 Å². The summed E-state index contributed by atoms with van der Waals surface area (Å²) in [4.78, 5) is 4.46. The summed E-state index contributed by atoms with van der Waals surface area (Å²) < 4.78 is 0. The Balaban J connectivity index is 1.44. The predicted molar refractivity (Wildman–Crippen MR) is 171 cm³/mol. The lowest BCUT2D eigenvalue weighted by atomic mass is 9.85. The quantitative estimate of drug-likeness (QED) is 0.130. The largest absolute Gasteiger partial charge is 0.404 e. The molecular weight excluding hydrogens is 512 g/mol. The molecule has 42 heavy (non-hydrogen) atoms. The van der Waals surface area contributed by atoms with Gasteiger partial charge in [0.05, 0.1) is 16.8 Å². The van der Waals surface area contributed by atoms with Gasteiger partial charge in [-0.05, 0) is 74.0 Å². The van der Waals surface area contributed by atoms with E-state index in [1.165, 1.54) is 38.9 Å². The highest BCUT2D eigenvalue weighted by molar-refractivity contribution is 6.21. The summed E-state index contributed by atoms with van der Waals surface area (Å²) in [6.45, 7) is 0. The van der Waals surface area contributed by atoms with Gasteiger partial charge in [-0.2, -0.15) is 10.5 Å². The number of pyridine rings is 1. The van der Waals surface area contributed by atoms with Gasteiger partial charge in [0.15, 0.2) is 0 Å². The van der Waals surface area contributed by atoms with Crippen LogP contribution < -0.4 is 5.73 Å². The monoisotopic (exact) mass is 538 g/mol. The maximum atomic E-state index is 9.10. The van der Waals surface area contributed by atoms with Crippen LogP contribution in [-0.4, -0.2) is 4.98 Å². The summed E-state index contributed by atoms with van der Waals surface area (Å²) in [7, 11) is 0. The molecule has 6 rings (SSSR count). The molecule has 0 unspecified atom stereocenters. The summed E-state index contributed by atoms with van der Waals surface area (Å²) in [6, 6.07) is 42.2. The second-order valence-corrected chi connectivity index (χ2v) is 10.00. The average Bonchev–Trinajstić information content (AvgIpc) is 3.06. The van der Waals surface area contributed by atoms with E-state index in [1.54, 1.807) is 18.3 Å². The van der Waals surface area contributed by atoms with E-state index < -0.39 is 0 Å². The second kappa shape index (κ2) is 11.6. The van der Waals surface area contributed by atoms with Gasteiger partial charge in [-0.15, -0.1) is 0 Å². The third-order valence-corrected chi connectivity index (χ3v) is 7.50. The third-order valence-electron chi connectivity index (χ3n) is 7.50. The van der Waals surface area contributed by atoms with Crippen molar-refractivity contribution in [3.63, 3.8) is 0 Å². The molecule has 0 aliphatic heterocycles. The lowest BCUT2D eigenvalue weighted by molar-refractivity contribution is 1.27. The fraction of sp³-hybridized carbons (Fsp3) is 0.0263. The lowest BCUT2D eigenvalue weighted by Gasteiger charge is -2.18. The molecule has 0 aliphatic rings. The first kappa shape index (κ1) is 26.3. The molecule has 1 heterocycles. The number of hydrogen-bond donors (Lipinski definition) is 1. The molecule has 0 aliphatic carbocycles. The van der Waals surface area contributed by atoms with Gasteiger partial charge >= 0.3 is 0 Å². The molecule has 198 valence electrons. The number of hydrogen-bond acceptors (Lipinski definition) is 4. The molecule has 5 aromatic carbocycles. The standard InChI is InChI=1S/C38H26N4/c39-22-27(23-40)7-5-6-26-12-15-30(16-13-26)37-32-8-1-3-10-34(32)38(35-11-4-2-9-33(35)37)31-19-17-29(18-20-31)36-21-14-28(24-41)25-42-36/h1-5,7-22,25H,6,39H2/b7-5-,27-22+. The van der Waals surface area contributed by atoms with Crippen LogP contribution in [0.15, 0.2) is 139 Å². The number of rotatable bonds is 6. The van der Waals surface area contributed by atoms with Gasteiger partial charge in [-0.3, -0.25) is 4.98 Å². The number of benzene rings is 5. The van der Waals surface area contributed by atoms with Crippen molar-refractivity contribution in [2.45, 2.75) is 6.42 Å². The normalized spacial score (nSPS) is 11.5. The van der Waals surface area contributed by atoms with Crippen molar-refractivity contribution in [2.24, 2.45) is 5.73 Å². The Morgan fingerprint density at radius 2 is 1.19 bits per heavy atom. The Kier molecular flexibility index (Phi) is 7.28. The van der Waals surface area contributed by atoms with E-state index >= 15 is 0 Å². The van der Waals surface area contributed by atoms with Gasteiger partial charge in [-0.1, -0.05) is 103 Å². The molecule has 4 heteroatoms. The zero-order chi connectivity index (χ0) is 28.9. The molecule has 2 N–H and O–H groups in total. The molecule has 0 spiro atoms. The average molecular weight is 539 g/mol. The summed E-state index contributed by atoms with van der Waals surface area (Å²) in [5.41, 5.74) is 14.2. The fourth-order valence-electron chi connectivity index (χ4n) is 5.45. The van der Waals surface area contributed by atoms with Crippen LogP contribution in [-0.2, 0) is 6.42 Å². The van der Waals surface area contributed by atoms with Crippen LogP contribution in [0.2, 0.25) is 0 Å². The first-order valence-corrected chi connectivity index (χ1v) is 13.7. The van der Waals surface area contributed by atoms with Crippen LogP contribution in [0.3, 0.4) is 0 Å². The van der Waals surface area contributed by atoms with Crippen molar-refractivity contribution in [2.75, 3.05) is 0 Å². The molecule has 0 radical (unpaired) electrons. The lowest BCUT2D eigenvalue weighted by Crippen LogP contribution is -1.91. The van der Waals surface area contributed by atoms with Gasteiger partial charge in [0.25, 0.3) is 0 Å². The van der Waals surface area contributed by atoms with E-state index in [0.29, 0.717) is 17.6 Å². The van der Waals surface area contributed by atoms with E-state index in [4.69, 9.17) is 16.3 Å². The number of nitriles is 2. The van der Waals surface area contributed by atoms with E-state index in [2.05, 4.69) is 114 Å². The molecule has 1 aromatic heterocycles. The molecule has 0 bridgehead atoms. The predicted octanol–water partition coefficient (Wildman–Crippen LogP) is 8.73. The van der Waals surface area contributed by atoms with Crippen LogP contribution in [0.25, 0.3) is 55.1 Å². The molecule has 6 aromatic rings. The minimum atomic E-state index is 0.449. The maximum absolute atomic E-state index is 9.10. The molecule has 0 saturated carbocycles. The van der Waals surface area contributed by atoms with Crippen molar-refractivity contribution in [1.29, 1.82) is 10.5 Å². The van der Waals surface area contributed by atoms with Crippen LogP contribution in [0.1, 0.15) is 11.1 Å². The van der Waals surface area contributed by atoms with Gasteiger partial charge in [0, 0.05) is 18.0 Å². The number of allylic oxidation sites excluding steroid dienone is 3. The molecule has 0 amide bonds. The van der Waals surface area contributed by atoms with Gasteiger partial charge in [0.1, 0.15) is 12.1 Å². The Morgan fingerprint density at radius 3 is 1.64 bits per heavy atom. The van der Waals surface area contributed by atoms with Crippen LogP contribution >= 0.6 is 0 Å². The zero-order valence-electron chi connectivity index (χ0n) is 22.8. The molecular formula is C38H26N4. The van der Waals surface area contributed by atoms with Crippen molar-refractivity contribution in [3.8, 4) is 45.6 Å². The summed E-state index contributed by atoms with van der Waals surface area (Å²) >= 11 is 0. The Bertz CT molecular complexity index is 2000. The second-order valence-electron chi connectivity index (χ2n) is 10.00. The molecule has 0 fully saturated rings. The van der Waals surface area contributed by atoms with Gasteiger partial charge in [0.2, 0.25) is 0 Å². The first-order chi connectivity index (χ1) is 20.7. The zero-order valence-corrected chi connectivity index (χ0v) is 22.8. The summed E-state index contributed by atoms with van der Waals surface area (Å²) in [6.07, 6.45) is 7.35. The Morgan fingerprint density at radius 1 is 0.667 bits per heavy atom.